The predicted octanol–water partition coefficient (Wildman–Crippen LogP) is 2.72. The summed E-state index contributed by atoms with van der Waals surface area (Å²) < 4.78 is 0. The molecule has 0 bridgehead atoms. The SMILES string of the molecule is CC(C)C(NCC(C)(C)c1cccs1)C(=O)O. The molecule has 1 atom stereocenters. The molecule has 1 aromatic rings. The Labute approximate surface area is 107 Å². The molecule has 0 aliphatic heterocycles. The second-order valence-corrected chi connectivity index (χ2v) is 6.25. The second kappa shape index (κ2) is 5.65. The van der Waals surface area contributed by atoms with E-state index in [1.807, 2.05) is 25.3 Å². The maximum Gasteiger partial charge on any atom is 0.320 e. The number of nitrogens with one attached hydrogen (secondary N) is 1. The van der Waals surface area contributed by atoms with Crippen molar-refractivity contribution in [2.45, 2.75) is 39.2 Å². The summed E-state index contributed by atoms with van der Waals surface area (Å²) in [5.41, 5.74) is -0.0310. The molecule has 0 aromatic carbocycles. The van der Waals surface area contributed by atoms with Crippen LogP contribution in [0.1, 0.15) is 32.6 Å². The first kappa shape index (κ1) is 14.2. The topological polar surface area (TPSA) is 49.3 Å². The maximum absolute atomic E-state index is 11.1. The van der Waals surface area contributed by atoms with Crippen molar-refractivity contribution >= 4 is 17.3 Å². The minimum Gasteiger partial charge on any atom is -0.480 e. The minimum absolute atomic E-state index is 0.0310. The van der Waals surface area contributed by atoms with Crippen LogP contribution in [0.2, 0.25) is 0 Å². The van der Waals surface area contributed by atoms with Crippen molar-refractivity contribution in [3.63, 3.8) is 0 Å². The highest BCUT2D eigenvalue weighted by molar-refractivity contribution is 7.10. The Hall–Kier alpha value is -0.870. The molecule has 2 N–H and O–H groups in total. The highest BCUT2D eigenvalue weighted by Crippen LogP contribution is 2.26. The van der Waals surface area contributed by atoms with Gasteiger partial charge in [0.25, 0.3) is 0 Å². The van der Waals surface area contributed by atoms with Crippen molar-refractivity contribution < 1.29 is 9.90 Å². The first-order chi connectivity index (χ1) is 7.84. The van der Waals surface area contributed by atoms with Crippen molar-refractivity contribution in [2.24, 2.45) is 5.92 Å². The Bertz CT molecular complexity index is 358. The summed E-state index contributed by atoms with van der Waals surface area (Å²) in [5.74, 6) is -0.686. The summed E-state index contributed by atoms with van der Waals surface area (Å²) in [4.78, 5) is 12.4. The highest BCUT2D eigenvalue weighted by atomic mass is 32.1. The molecule has 3 nitrogen and oxygen atoms in total. The first-order valence-electron chi connectivity index (χ1n) is 5.85. The third kappa shape index (κ3) is 3.82. The number of thiophene rings is 1. The molecule has 0 aliphatic rings. The summed E-state index contributed by atoms with van der Waals surface area (Å²) >= 11 is 1.71. The van der Waals surface area contributed by atoms with Gasteiger partial charge < -0.3 is 10.4 Å². The molecule has 17 heavy (non-hydrogen) atoms. The molecule has 0 saturated heterocycles. The average Bonchev–Trinajstić information content (AvgIpc) is 2.69. The van der Waals surface area contributed by atoms with Crippen molar-refractivity contribution in [3.05, 3.63) is 22.4 Å². The van der Waals surface area contributed by atoms with E-state index in [1.54, 1.807) is 11.3 Å². The summed E-state index contributed by atoms with van der Waals surface area (Å²) in [5, 5.41) is 14.3. The summed E-state index contributed by atoms with van der Waals surface area (Å²) in [6.07, 6.45) is 0. The molecule has 1 rings (SSSR count). The molecular formula is C13H21NO2S. The molecule has 0 amide bonds. The number of carbonyl (C=O) groups is 1. The lowest BCUT2D eigenvalue weighted by atomic mass is 9.90. The van der Waals surface area contributed by atoms with E-state index < -0.39 is 12.0 Å². The lowest BCUT2D eigenvalue weighted by molar-refractivity contribution is -0.140. The largest absolute Gasteiger partial charge is 0.480 e. The fraction of sp³-hybridized carbons (Fsp3) is 0.615. The van der Waals surface area contributed by atoms with E-state index in [0.29, 0.717) is 6.54 Å². The third-order valence-electron chi connectivity index (χ3n) is 2.88. The fourth-order valence-electron chi connectivity index (χ4n) is 1.72. The Balaban J connectivity index is 2.63. The Morgan fingerprint density at radius 2 is 2.18 bits per heavy atom. The van der Waals surface area contributed by atoms with Crippen LogP contribution < -0.4 is 5.32 Å². The van der Waals surface area contributed by atoms with Gasteiger partial charge in [-0.15, -0.1) is 11.3 Å². The van der Waals surface area contributed by atoms with Crippen LogP contribution in [0.5, 0.6) is 0 Å². The van der Waals surface area contributed by atoms with Crippen molar-refractivity contribution in [1.29, 1.82) is 0 Å². The number of carboxylic acids is 1. The van der Waals surface area contributed by atoms with Crippen molar-refractivity contribution in [3.8, 4) is 0 Å². The monoisotopic (exact) mass is 255 g/mol. The lowest BCUT2D eigenvalue weighted by Gasteiger charge is -2.27. The molecule has 1 aromatic heterocycles. The van der Waals surface area contributed by atoms with Gasteiger partial charge in [0.2, 0.25) is 0 Å². The zero-order chi connectivity index (χ0) is 13.1. The average molecular weight is 255 g/mol. The first-order valence-corrected chi connectivity index (χ1v) is 6.73. The van der Waals surface area contributed by atoms with Crippen LogP contribution in [-0.4, -0.2) is 23.7 Å². The zero-order valence-electron chi connectivity index (χ0n) is 10.9. The van der Waals surface area contributed by atoms with Crippen LogP contribution in [-0.2, 0) is 10.2 Å². The van der Waals surface area contributed by atoms with Crippen molar-refractivity contribution in [2.75, 3.05) is 6.54 Å². The number of aliphatic carboxylic acids is 1. The maximum atomic E-state index is 11.1. The second-order valence-electron chi connectivity index (χ2n) is 5.30. The van der Waals surface area contributed by atoms with Gasteiger partial charge in [-0.25, -0.2) is 0 Å². The minimum atomic E-state index is -0.776. The Kier molecular flexibility index (Phi) is 4.71. The number of hydrogen-bond donors (Lipinski definition) is 2. The van der Waals surface area contributed by atoms with Crippen LogP contribution in [0, 0.1) is 5.92 Å². The third-order valence-corrected chi connectivity index (χ3v) is 4.12. The van der Waals surface area contributed by atoms with E-state index in [4.69, 9.17) is 5.11 Å². The van der Waals surface area contributed by atoms with E-state index in [0.717, 1.165) is 0 Å². The van der Waals surface area contributed by atoms with Gasteiger partial charge in [-0.1, -0.05) is 33.8 Å². The van der Waals surface area contributed by atoms with Crippen molar-refractivity contribution in [1.82, 2.24) is 5.32 Å². The van der Waals surface area contributed by atoms with Gasteiger partial charge in [0, 0.05) is 16.8 Å². The lowest BCUT2D eigenvalue weighted by Crippen LogP contribution is -2.46. The van der Waals surface area contributed by atoms with E-state index >= 15 is 0 Å². The van der Waals surface area contributed by atoms with Crippen LogP contribution >= 0.6 is 11.3 Å². The zero-order valence-corrected chi connectivity index (χ0v) is 11.7. The molecule has 0 fully saturated rings. The summed E-state index contributed by atoms with van der Waals surface area (Å²) in [6.45, 7) is 8.77. The Morgan fingerprint density at radius 1 is 1.53 bits per heavy atom. The number of rotatable bonds is 6. The van der Waals surface area contributed by atoms with Crippen LogP contribution in [0.15, 0.2) is 17.5 Å². The van der Waals surface area contributed by atoms with E-state index in [2.05, 4.69) is 25.2 Å². The van der Waals surface area contributed by atoms with Gasteiger partial charge >= 0.3 is 5.97 Å². The number of carboxylic acid groups (broad SMARTS) is 1. The molecule has 1 unspecified atom stereocenters. The van der Waals surface area contributed by atoms with E-state index in [1.165, 1.54) is 4.88 Å². The molecule has 1 heterocycles. The fourth-order valence-corrected chi connectivity index (χ4v) is 2.58. The van der Waals surface area contributed by atoms with E-state index in [9.17, 15) is 4.79 Å². The van der Waals surface area contributed by atoms with Crippen LogP contribution in [0.4, 0.5) is 0 Å². The Morgan fingerprint density at radius 3 is 2.59 bits per heavy atom. The number of hydrogen-bond acceptors (Lipinski definition) is 3. The van der Waals surface area contributed by atoms with Crippen LogP contribution in [0.3, 0.4) is 0 Å². The van der Waals surface area contributed by atoms with Gasteiger partial charge in [-0.2, -0.15) is 0 Å². The molecule has 0 spiro atoms. The van der Waals surface area contributed by atoms with Gasteiger partial charge in [0.05, 0.1) is 0 Å². The van der Waals surface area contributed by atoms with E-state index in [-0.39, 0.29) is 11.3 Å². The van der Waals surface area contributed by atoms with Gasteiger partial charge in [0.15, 0.2) is 0 Å². The quantitative estimate of drug-likeness (QED) is 0.821. The predicted molar refractivity (Wildman–Crippen MR) is 71.6 cm³/mol. The molecule has 96 valence electrons. The normalized spacial score (nSPS) is 13.9. The molecule has 0 aliphatic carbocycles. The van der Waals surface area contributed by atoms with Gasteiger partial charge in [-0.3, -0.25) is 4.79 Å². The van der Waals surface area contributed by atoms with Gasteiger partial charge in [-0.05, 0) is 17.4 Å². The molecule has 4 heteroatoms. The van der Waals surface area contributed by atoms with Gasteiger partial charge in [0.1, 0.15) is 6.04 Å². The smallest absolute Gasteiger partial charge is 0.320 e. The standard InChI is InChI=1S/C13H21NO2S/c1-9(2)11(12(15)16)14-8-13(3,4)10-6-5-7-17-10/h5-7,9,11,14H,8H2,1-4H3,(H,15,16). The molecule has 0 radical (unpaired) electrons. The summed E-state index contributed by atoms with van der Waals surface area (Å²) in [6, 6.07) is 3.64. The molecule has 0 saturated carbocycles. The van der Waals surface area contributed by atoms with Crippen LogP contribution in [0.25, 0.3) is 0 Å². The highest BCUT2D eigenvalue weighted by Gasteiger charge is 2.26. The molecular weight excluding hydrogens is 234 g/mol. The summed E-state index contributed by atoms with van der Waals surface area (Å²) in [7, 11) is 0.